The molecule has 0 saturated heterocycles. The molecule has 1 aliphatic rings. The molecule has 0 bridgehead atoms. The maximum Gasteiger partial charge on any atom is 0.333 e. The van der Waals surface area contributed by atoms with E-state index in [1.807, 2.05) is 13.8 Å². The summed E-state index contributed by atoms with van der Waals surface area (Å²) < 4.78 is 10.3. The first-order valence-electron chi connectivity index (χ1n) is 5.57. The van der Waals surface area contributed by atoms with E-state index < -0.39 is 0 Å². The summed E-state index contributed by atoms with van der Waals surface area (Å²) in [7, 11) is 1.75. The molecule has 0 heterocycles. The van der Waals surface area contributed by atoms with Crippen LogP contribution in [-0.2, 0) is 14.3 Å². The van der Waals surface area contributed by atoms with Crippen LogP contribution in [0, 0.1) is 0 Å². The van der Waals surface area contributed by atoms with Crippen LogP contribution in [0.3, 0.4) is 0 Å². The lowest BCUT2D eigenvalue weighted by Gasteiger charge is -2.23. The number of carbonyl (C=O) groups is 1. The van der Waals surface area contributed by atoms with Crippen molar-refractivity contribution in [3.63, 3.8) is 0 Å². The highest BCUT2D eigenvalue weighted by Crippen LogP contribution is 2.27. The zero-order chi connectivity index (χ0) is 11.3. The Hall–Kier alpha value is -0.830. The number of methoxy groups -OCH3 is 1. The molecule has 0 spiro atoms. The van der Waals surface area contributed by atoms with Gasteiger partial charge in [0.2, 0.25) is 0 Å². The standard InChI is InChI=1S/C12H20O3/c1-4-15-12(13)9(2)10-5-7-11(14-3)8-6-10/h11H,4-8H2,1-3H3. The number of hydrogen-bond donors (Lipinski definition) is 0. The van der Waals surface area contributed by atoms with Gasteiger partial charge < -0.3 is 9.47 Å². The van der Waals surface area contributed by atoms with Gasteiger partial charge in [-0.3, -0.25) is 0 Å². The van der Waals surface area contributed by atoms with Crippen LogP contribution in [0.5, 0.6) is 0 Å². The van der Waals surface area contributed by atoms with Crippen molar-refractivity contribution in [1.29, 1.82) is 0 Å². The second-order valence-electron chi connectivity index (χ2n) is 3.88. The molecule has 15 heavy (non-hydrogen) atoms. The lowest BCUT2D eigenvalue weighted by Crippen LogP contribution is -2.18. The van der Waals surface area contributed by atoms with Gasteiger partial charge in [-0.05, 0) is 39.5 Å². The van der Waals surface area contributed by atoms with Crippen LogP contribution in [-0.4, -0.2) is 25.8 Å². The van der Waals surface area contributed by atoms with Gasteiger partial charge in [0.1, 0.15) is 0 Å². The molecule has 0 atom stereocenters. The van der Waals surface area contributed by atoms with Gasteiger partial charge in [0, 0.05) is 12.7 Å². The van der Waals surface area contributed by atoms with Crippen LogP contribution in [0.1, 0.15) is 39.5 Å². The third-order valence-electron chi connectivity index (χ3n) is 2.98. The van der Waals surface area contributed by atoms with Crippen molar-refractivity contribution in [2.75, 3.05) is 13.7 Å². The SMILES string of the molecule is CCOC(=O)C(C)=C1CCC(OC)CC1. The second-order valence-corrected chi connectivity index (χ2v) is 3.88. The Morgan fingerprint density at radius 2 is 2.00 bits per heavy atom. The summed E-state index contributed by atoms with van der Waals surface area (Å²) in [4.78, 5) is 11.5. The second kappa shape index (κ2) is 5.91. The summed E-state index contributed by atoms with van der Waals surface area (Å²) in [5.74, 6) is -0.164. The monoisotopic (exact) mass is 212 g/mol. The molecule has 86 valence electrons. The summed E-state index contributed by atoms with van der Waals surface area (Å²) in [5, 5.41) is 0. The third-order valence-corrected chi connectivity index (χ3v) is 2.98. The van der Waals surface area contributed by atoms with Gasteiger partial charge in [-0.25, -0.2) is 4.79 Å². The molecule has 3 heteroatoms. The lowest BCUT2D eigenvalue weighted by atomic mass is 9.89. The Balaban J connectivity index is 2.56. The van der Waals surface area contributed by atoms with Crippen molar-refractivity contribution in [2.24, 2.45) is 0 Å². The first-order chi connectivity index (χ1) is 7.19. The van der Waals surface area contributed by atoms with Crippen molar-refractivity contribution in [3.05, 3.63) is 11.1 Å². The first kappa shape index (κ1) is 12.2. The smallest absolute Gasteiger partial charge is 0.333 e. The first-order valence-corrected chi connectivity index (χ1v) is 5.57. The van der Waals surface area contributed by atoms with Crippen molar-refractivity contribution >= 4 is 5.97 Å². The average Bonchev–Trinajstić information content (AvgIpc) is 2.28. The molecule has 0 radical (unpaired) electrons. The van der Waals surface area contributed by atoms with Crippen LogP contribution in [0.2, 0.25) is 0 Å². The largest absolute Gasteiger partial charge is 0.463 e. The maximum atomic E-state index is 11.5. The van der Waals surface area contributed by atoms with Crippen molar-refractivity contribution in [3.8, 4) is 0 Å². The van der Waals surface area contributed by atoms with Crippen LogP contribution < -0.4 is 0 Å². The molecule has 0 aliphatic heterocycles. The van der Waals surface area contributed by atoms with Gasteiger partial charge in [0.25, 0.3) is 0 Å². The highest BCUT2D eigenvalue weighted by Gasteiger charge is 2.19. The Bertz CT molecular complexity index is 246. The van der Waals surface area contributed by atoms with Crippen LogP contribution >= 0.6 is 0 Å². The Morgan fingerprint density at radius 3 is 2.47 bits per heavy atom. The third kappa shape index (κ3) is 3.34. The van der Waals surface area contributed by atoms with E-state index in [2.05, 4.69) is 0 Å². The molecule has 3 nitrogen and oxygen atoms in total. The van der Waals surface area contributed by atoms with Gasteiger partial charge in [0.05, 0.1) is 12.7 Å². The predicted molar refractivity (Wildman–Crippen MR) is 58.6 cm³/mol. The fraction of sp³-hybridized carbons (Fsp3) is 0.750. The Kier molecular flexibility index (Phi) is 4.82. The van der Waals surface area contributed by atoms with Crippen molar-refractivity contribution < 1.29 is 14.3 Å². The summed E-state index contributed by atoms with van der Waals surface area (Å²) in [6.07, 6.45) is 4.32. The zero-order valence-electron chi connectivity index (χ0n) is 9.84. The summed E-state index contributed by atoms with van der Waals surface area (Å²) in [6.45, 7) is 4.14. The molecule has 0 unspecified atom stereocenters. The highest BCUT2D eigenvalue weighted by atomic mass is 16.5. The molecular weight excluding hydrogens is 192 g/mol. The quantitative estimate of drug-likeness (QED) is 0.532. The average molecular weight is 212 g/mol. The number of rotatable bonds is 3. The predicted octanol–water partition coefficient (Wildman–Crippen LogP) is 2.46. The number of hydrogen-bond acceptors (Lipinski definition) is 3. The minimum atomic E-state index is -0.164. The van der Waals surface area contributed by atoms with Gasteiger partial charge >= 0.3 is 5.97 Å². The van der Waals surface area contributed by atoms with Crippen LogP contribution in [0.15, 0.2) is 11.1 Å². The lowest BCUT2D eigenvalue weighted by molar-refractivity contribution is -0.138. The number of allylic oxidation sites excluding steroid dienone is 1. The molecule has 1 rings (SSSR count). The van der Waals surface area contributed by atoms with E-state index in [-0.39, 0.29) is 5.97 Å². The molecular formula is C12H20O3. The summed E-state index contributed by atoms with van der Waals surface area (Å²) in [6, 6.07) is 0. The van der Waals surface area contributed by atoms with Crippen LogP contribution in [0.25, 0.3) is 0 Å². The van der Waals surface area contributed by atoms with E-state index in [1.54, 1.807) is 7.11 Å². The number of esters is 1. The summed E-state index contributed by atoms with van der Waals surface area (Å²) in [5.41, 5.74) is 2.04. The molecule has 1 fully saturated rings. The Labute approximate surface area is 91.4 Å². The van der Waals surface area contributed by atoms with Gasteiger partial charge in [0.15, 0.2) is 0 Å². The minimum absolute atomic E-state index is 0.164. The molecule has 0 aromatic rings. The normalized spacial score (nSPS) is 21.3. The van der Waals surface area contributed by atoms with E-state index in [9.17, 15) is 4.79 Å². The van der Waals surface area contributed by atoms with Crippen LogP contribution in [0.4, 0.5) is 0 Å². The zero-order valence-corrected chi connectivity index (χ0v) is 9.84. The van der Waals surface area contributed by atoms with Gasteiger partial charge in [-0.2, -0.15) is 0 Å². The summed E-state index contributed by atoms with van der Waals surface area (Å²) >= 11 is 0. The van der Waals surface area contributed by atoms with E-state index >= 15 is 0 Å². The van der Waals surface area contributed by atoms with Crippen molar-refractivity contribution in [1.82, 2.24) is 0 Å². The number of ether oxygens (including phenoxy) is 2. The van der Waals surface area contributed by atoms with Crippen molar-refractivity contribution in [2.45, 2.75) is 45.6 Å². The van der Waals surface area contributed by atoms with Gasteiger partial charge in [-0.1, -0.05) is 5.57 Å². The van der Waals surface area contributed by atoms with E-state index in [1.165, 1.54) is 5.57 Å². The van der Waals surface area contributed by atoms with E-state index in [0.717, 1.165) is 31.3 Å². The fourth-order valence-corrected chi connectivity index (χ4v) is 1.93. The highest BCUT2D eigenvalue weighted by molar-refractivity contribution is 5.88. The van der Waals surface area contributed by atoms with E-state index in [0.29, 0.717) is 12.7 Å². The molecule has 1 aliphatic carbocycles. The maximum absolute atomic E-state index is 11.5. The molecule has 0 aromatic carbocycles. The molecule has 1 saturated carbocycles. The Morgan fingerprint density at radius 1 is 1.40 bits per heavy atom. The molecule has 0 aromatic heterocycles. The van der Waals surface area contributed by atoms with Gasteiger partial charge in [-0.15, -0.1) is 0 Å². The molecule has 0 amide bonds. The number of carbonyl (C=O) groups excluding carboxylic acids is 1. The topological polar surface area (TPSA) is 35.5 Å². The minimum Gasteiger partial charge on any atom is -0.463 e. The van der Waals surface area contributed by atoms with E-state index in [4.69, 9.17) is 9.47 Å². The molecule has 0 N–H and O–H groups in total. The fourth-order valence-electron chi connectivity index (χ4n) is 1.93.